The first-order valence-corrected chi connectivity index (χ1v) is 13.8. The lowest BCUT2D eigenvalue weighted by molar-refractivity contribution is -0.0892. The number of halogens is 2. The predicted molar refractivity (Wildman–Crippen MR) is 137 cm³/mol. The maximum atomic E-state index is 14.3. The van der Waals surface area contributed by atoms with Crippen LogP contribution in [0.15, 0.2) is 81.7 Å². The molecule has 2 nitrogen and oxygen atoms in total. The van der Waals surface area contributed by atoms with E-state index in [1.165, 1.54) is 18.4 Å². The molecule has 188 valence electrons. The summed E-state index contributed by atoms with van der Waals surface area (Å²) < 4.78 is 40.3. The highest BCUT2D eigenvalue weighted by molar-refractivity contribution is 5.63. The van der Waals surface area contributed by atoms with Gasteiger partial charge in [0.2, 0.25) is 0 Å². The molecule has 1 aromatic carbocycles. The molecule has 2 saturated carbocycles. The predicted octanol–water partition coefficient (Wildman–Crippen LogP) is 8.98. The van der Waals surface area contributed by atoms with Gasteiger partial charge in [-0.2, -0.15) is 8.78 Å². The molecule has 2 aromatic rings. The van der Waals surface area contributed by atoms with Gasteiger partial charge in [0.15, 0.2) is 0 Å². The van der Waals surface area contributed by atoms with E-state index < -0.39 is 11.7 Å². The summed E-state index contributed by atoms with van der Waals surface area (Å²) in [7, 11) is 0. The molecule has 5 atom stereocenters. The van der Waals surface area contributed by atoms with Crippen LogP contribution in [0, 0.1) is 17.3 Å². The zero-order valence-corrected chi connectivity index (χ0v) is 21.0. The Morgan fingerprint density at radius 1 is 1.00 bits per heavy atom. The maximum absolute atomic E-state index is 14.3. The Bertz CT molecular complexity index is 1260. The van der Waals surface area contributed by atoms with E-state index in [1.54, 1.807) is 29.2 Å². The molecule has 4 aliphatic carbocycles. The number of benzene rings is 1. The van der Waals surface area contributed by atoms with Crippen LogP contribution in [0.4, 0.5) is 8.78 Å². The first-order valence-electron chi connectivity index (χ1n) is 13.8. The van der Waals surface area contributed by atoms with Gasteiger partial charge in [0.25, 0.3) is 6.08 Å². The molecule has 5 aliphatic rings. The molecule has 0 N–H and O–H groups in total. The lowest BCUT2D eigenvalue weighted by atomic mass is 9.50. The van der Waals surface area contributed by atoms with Gasteiger partial charge < -0.3 is 9.15 Å². The Hall–Kier alpha value is -2.46. The quantitative estimate of drug-likeness (QED) is 0.421. The van der Waals surface area contributed by atoms with Crippen molar-refractivity contribution in [2.24, 2.45) is 17.3 Å². The number of allylic oxidation sites excluding steroid dienone is 4. The highest BCUT2D eigenvalue weighted by atomic mass is 19.3. The standard InChI is InChI=1S/C32H34F2O2/c1-31-18-26(22-8-6-20(7-9-22)23-13-16-35-19-23)29-24-5-3-2-4-21(24)10-11-25(29)27(31)12-15-32(31)28(30(33)34)14-17-36-32/h4,6-9,13,16,19,25-27H,2-3,5,10-12,14-15,17-18H2,1H3/t25-,26+,27-,31-,32-/m0/s1. The van der Waals surface area contributed by atoms with E-state index in [4.69, 9.17) is 9.15 Å². The normalized spacial score (nSPS) is 35.5. The van der Waals surface area contributed by atoms with Gasteiger partial charge in [-0.3, -0.25) is 0 Å². The minimum Gasteiger partial charge on any atom is -0.472 e. The molecule has 1 aromatic heterocycles. The summed E-state index contributed by atoms with van der Waals surface area (Å²) in [5, 5.41) is 0. The second kappa shape index (κ2) is 8.28. The Morgan fingerprint density at radius 3 is 2.64 bits per heavy atom. The molecule has 0 bridgehead atoms. The Labute approximate surface area is 212 Å². The summed E-state index contributed by atoms with van der Waals surface area (Å²) >= 11 is 0. The van der Waals surface area contributed by atoms with Crippen LogP contribution in [0.1, 0.15) is 76.2 Å². The molecule has 2 heterocycles. The fourth-order valence-corrected chi connectivity index (χ4v) is 8.99. The van der Waals surface area contributed by atoms with E-state index in [-0.39, 0.29) is 11.3 Å². The van der Waals surface area contributed by atoms with Crippen molar-refractivity contribution in [1.82, 2.24) is 0 Å². The van der Waals surface area contributed by atoms with Crippen molar-refractivity contribution in [2.75, 3.05) is 6.61 Å². The summed E-state index contributed by atoms with van der Waals surface area (Å²) in [6, 6.07) is 10.9. The lowest BCUT2D eigenvalue weighted by Gasteiger charge is -2.55. The molecule has 0 radical (unpaired) electrons. The van der Waals surface area contributed by atoms with Crippen LogP contribution in [-0.2, 0) is 4.74 Å². The van der Waals surface area contributed by atoms with Crippen molar-refractivity contribution in [3.8, 4) is 11.1 Å². The van der Waals surface area contributed by atoms with Crippen LogP contribution in [0.3, 0.4) is 0 Å². The number of rotatable bonds is 2. The number of ether oxygens (including phenoxy) is 1. The van der Waals surface area contributed by atoms with E-state index in [0.717, 1.165) is 49.7 Å². The van der Waals surface area contributed by atoms with Gasteiger partial charge >= 0.3 is 0 Å². The van der Waals surface area contributed by atoms with Crippen LogP contribution in [-0.4, -0.2) is 12.2 Å². The van der Waals surface area contributed by atoms with E-state index in [0.29, 0.717) is 30.4 Å². The molecule has 36 heavy (non-hydrogen) atoms. The molecule has 0 amide bonds. The lowest BCUT2D eigenvalue weighted by Crippen LogP contribution is -2.52. The van der Waals surface area contributed by atoms with Crippen molar-refractivity contribution in [2.45, 2.75) is 76.2 Å². The van der Waals surface area contributed by atoms with E-state index >= 15 is 0 Å². The van der Waals surface area contributed by atoms with Crippen molar-refractivity contribution in [3.63, 3.8) is 0 Å². The van der Waals surface area contributed by atoms with Crippen molar-refractivity contribution < 1.29 is 17.9 Å². The van der Waals surface area contributed by atoms with Crippen molar-refractivity contribution in [1.29, 1.82) is 0 Å². The largest absolute Gasteiger partial charge is 0.472 e. The average Bonchev–Trinajstić information content (AvgIpc) is 3.64. The van der Waals surface area contributed by atoms with Gasteiger partial charge in [0, 0.05) is 28.9 Å². The van der Waals surface area contributed by atoms with Crippen LogP contribution in [0.5, 0.6) is 0 Å². The van der Waals surface area contributed by atoms with Crippen LogP contribution in [0.2, 0.25) is 0 Å². The van der Waals surface area contributed by atoms with Crippen molar-refractivity contribution in [3.05, 3.63) is 82.9 Å². The first-order chi connectivity index (χ1) is 17.5. The molecule has 0 unspecified atom stereocenters. The summed E-state index contributed by atoms with van der Waals surface area (Å²) in [5.41, 5.74) is 7.54. The Balaban J connectivity index is 1.37. The number of furan rings is 1. The SMILES string of the molecule is C[C@]12C[C@H](c3ccc(-c4ccoc4)cc3)C3=C4CCCC=C4CC[C@H]3[C@@H]1CC[C@@]21OCCC1=C(F)F. The topological polar surface area (TPSA) is 22.4 Å². The third kappa shape index (κ3) is 3.09. The Kier molecular flexibility index (Phi) is 5.22. The highest BCUT2D eigenvalue weighted by Crippen LogP contribution is 2.70. The second-order valence-electron chi connectivity index (χ2n) is 11.8. The summed E-state index contributed by atoms with van der Waals surface area (Å²) in [4.78, 5) is 0. The van der Waals surface area contributed by atoms with Crippen LogP contribution in [0.25, 0.3) is 11.1 Å². The minimum atomic E-state index is -1.50. The summed E-state index contributed by atoms with van der Waals surface area (Å²) in [6.07, 6.45) is 13.3. The molecule has 4 heteroatoms. The highest BCUT2D eigenvalue weighted by Gasteiger charge is 2.67. The average molecular weight is 489 g/mol. The monoisotopic (exact) mass is 488 g/mol. The second-order valence-corrected chi connectivity index (χ2v) is 11.8. The molecule has 1 spiro atoms. The fourth-order valence-electron chi connectivity index (χ4n) is 8.99. The molecule has 1 aliphatic heterocycles. The van der Waals surface area contributed by atoms with Gasteiger partial charge in [-0.25, -0.2) is 0 Å². The third-order valence-electron chi connectivity index (χ3n) is 10.5. The zero-order chi connectivity index (χ0) is 24.5. The molecular formula is C32H34F2O2. The number of hydrogen-bond acceptors (Lipinski definition) is 2. The molecule has 1 saturated heterocycles. The van der Waals surface area contributed by atoms with Gasteiger partial charge in [0.05, 0.1) is 19.1 Å². The zero-order valence-electron chi connectivity index (χ0n) is 21.0. The number of hydrogen-bond donors (Lipinski definition) is 0. The van der Waals surface area contributed by atoms with Gasteiger partial charge in [-0.15, -0.1) is 0 Å². The Morgan fingerprint density at radius 2 is 1.86 bits per heavy atom. The third-order valence-corrected chi connectivity index (χ3v) is 10.5. The van der Waals surface area contributed by atoms with E-state index in [9.17, 15) is 8.78 Å². The van der Waals surface area contributed by atoms with Crippen molar-refractivity contribution >= 4 is 0 Å². The van der Waals surface area contributed by atoms with Crippen LogP contribution >= 0.6 is 0 Å². The molecular weight excluding hydrogens is 454 g/mol. The van der Waals surface area contributed by atoms with E-state index in [1.807, 2.05) is 6.07 Å². The van der Waals surface area contributed by atoms with E-state index in [2.05, 4.69) is 37.3 Å². The minimum absolute atomic E-state index is 0.245. The van der Waals surface area contributed by atoms with Gasteiger partial charge in [-0.1, -0.05) is 42.8 Å². The van der Waals surface area contributed by atoms with Gasteiger partial charge in [-0.05, 0) is 91.5 Å². The summed E-state index contributed by atoms with van der Waals surface area (Å²) in [6.45, 7) is 2.71. The smallest absolute Gasteiger partial charge is 0.272 e. The molecule has 7 rings (SSSR count). The van der Waals surface area contributed by atoms with Gasteiger partial charge in [0.1, 0.15) is 5.60 Å². The summed E-state index contributed by atoms with van der Waals surface area (Å²) in [5.74, 6) is 1.10. The fraction of sp³-hybridized carbons (Fsp3) is 0.500. The molecule has 3 fully saturated rings. The van der Waals surface area contributed by atoms with Crippen LogP contribution < -0.4 is 0 Å². The first kappa shape index (κ1) is 22.7. The maximum Gasteiger partial charge on any atom is 0.272 e. The number of fused-ring (bicyclic) bond motifs is 5.